The molecular formula is C16H10N4O. The fourth-order valence-corrected chi connectivity index (χ4v) is 1.77. The molecule has 21 heavy (non-hydrogen) atoms. The van der Waals surface area contributed by atoms with Gasteiger partial charge in [0.25, 0.3) is 0 Å². The van der Waals surface area contributed by atoms with Crippen LogP contribution in [-0.2, 0) is 0 Å². The van der Waals surface area contributed by atoms with E-state index in [4.69, 9.17) is 10.00 Å². The summed E-state index contributed by atoms with van der Waals surface area (Å²) in [5.41, 5.74) is 2.16. The Morgan fingerprint density at radius 3 is 2.33 bits per heavy atom. The Bertz CT molecular complexity index is 762. The molecule has 0 radical (unpaired) electrons. The van der Waals surface area contributed by atoms with Crippen molar-refractivity contribution >= 4 is 0 Å². The van der Waals surface area contributed by atoms with Crippen LogP contribution in [0.1, 0.15) is 5.69 Å². The van der Waals surface area contributed by atoms with Gasteiger partial charge in [-0.05, 0) is 12.1 Å². The lowest BCUT2D eigenvalue weighted by Gasteiger charge is -2.05. The minimum atomic E-state index is 0.250. The molecule has 0 saturated heterocycles. The van der Waals surface area contributed by atoms with Gasteiger partial charge < -0.3 is 4.74 Å². The Hall–Kier alpha value is -3.26. The van der Waals surface area contributed by atoms with Crippen molar-refractivity contribution in [2.24, 2.45) is 0 Å². The van der Waals surface area contributed by atoms with E-state index in [1.807, 2.05) is 48.5 Å². The van der Waals surface area contributed by atoms with Gasteiger partial charge in [0, 0.05) is 5.56 Å². The maximum absolute atomic E-state index is 8.65. The van der Waals surface area contributed by atoms with Gasteiger partial charge in [0.15, 0.2) is 5.69 Å². The van der Waals surface area contributed by atoms with E-state index in [-0.39, 0.29) is 5.69 Å². The lowest BCUT2D eigenvalue weighted by Crippen LogP contribution is -1.92. The fourth-order valence-electron chi connectivity index (χ4n) is 1.77. The Kier molecular flexibility index (Phi) is 3.52. The normalized spacial score (nSPS) is 9.86. The summed E-state index contributed by atoms with van der Waals surface area (Å²) in [6.45, 7) is 0. The number of aromatic nitrogens is 3. The predicted octanol–water partition coefficient (Wildman–Crippen LogP) is 3.20. The van der Waals surface area contributed by atoms with Gasteiger partial charge in [-0.3, -0.25) is 4.98 Å². The van der Waals surface area contributed by atoms with E-state index in [9.17, 15) is 0 Å². The Labute approximate surface area is 121 Å². The molecule has 0 spiro atoms. The Morgan fingerprint density at radius 2 is 1.71 bits per heavy atom. The molecular weight excluding hydrogens is 264 g/mol. The number of rotatable bonds is 3. The van der Waals surface area contributed by atoms with Crippen LogP contribution in [0, 0.1) is 11.3 Å². The third kappa shape index (κ3) is 3.01. The molecule has 100 valence electrons. The molecule has 3 aromatic rings. The molecule has 5 heteroatoms. The van der Waals surface area contributed by atoms with Crippen molar-refractivity contribution in [3.63, 3.8) is 0 Å². The van der Waals surface area contributed by atoms with Crippen molar-refractivity contribution in [2.75, 3.05) is 0 Å². The van der Waals surface area contributed by atoms with Gasteiger partial charge in [-0.15, -0.1) is 0 Å². The van der Waals surface area contributed by atoms with Gasteiger partial charge >= 0.3 is 0 Å². The van der Waals surface area contributed by atoms with Crippen molar-refractivity contribution in [3.8, 4) is 29.0 Å². The molecule has 0 N–H and O–H groups in total. The maximum atomic E-state index is 8.65. The van der Waals surface area contributed by atoms with E-state index in [0.29, 0.717) is 11.6 Å². The summed E-state index contributed by atoms with van der Waals surface area (Å²) in [5.74, 6) is 0.886. The van der Waals surface area contributed by atoms with E-state index in [1.165, 1.54) is 12.4 Å². The van der Waals surface area contributed by atoms with Crippen LogP contribution in [0.5, 0.6) is 11.6 Å². The molecule has 0 bridgehead atoms. The molecule has 0 atom stereocenters. The molecule has 0 aliphatic rings. The van der Waals surface area contributed by atoms with Crippen LogP contribution in [0.15, 0.2) is 61.1 Å². The van der Waals surface area contributed by atoms with Crippen LogP contribution in [0.3, 0.4) is 0 Å². The first-order valence-corrected chi connectivity index (χ1v) is 6.26. The quantitative estimate of drug-likeness (QED) is 0.733. The molecule has 5 nitrogen and oxygen atoms in total. The third-order valence-corrected chi connectivity index (χ3v) is 2.77. The lowest BCUT2D eigenvalue weighted by molar-refractivity contribution is 0.458. The molecule has 0 saturated carbocycles. The number of hydrogen-bond donors (Lipinski definition) is 0. The number of hydrogen-bond acceptors (Lipinski definition) is 5. The van der Waals surface area contributed by atoms with Crippen molar-refractivity contribution < 1.29 is 4.74 Å². The van der Waals surface area contributed by atoms with Crippen LogP contribution in [-0.4, -0.2) is 15.0 Å². The SMILES string of the molecule is N#Cc1cnc(Oc2ccc(-c3ccccc3)nc2)cn1. The predicted molar refractivity (Wildman–Crippen MR) is 76.5 cm³/mol. The van der Waals surface area contributed by atoms with E-state index in [1.54, 1.807) is 6.20 Å². The molecule has 3 rings (SSSR count). The van der Waals surface area contributed by atoms with Gasteiger partial charge in [-0.2, -0.15) is 5.26 Å². The molecule has 0 aliphatic heterocycles. The first-order valence-electron chi connectivity index (χ1n) is 6.26. The highest BCUT2D eigenvalue weighted by Crippen LogP contribution is 2.21. The lowest BCUT2D eigenvalue weighted by atomic mass is 10.1. The number of ether oxygens (including phenoxy) is 1. The standard InChI is InChI=1S/C16H10N4O/c17-8-13-9-20-16(11-18-13)21-14-6-7-15(19-10-14)12-4-2-1-3-5-12/h1-7,9-11H. The minimum Gasteiger partial charge on any atom is -0.436 e. The molecule has 0 unspecified atom stereocenters. The van der Waals surface area contributed by atoms with Crippen LogP contribution in [0.25, 0.3) is 11.3 Å². The summed E-state index contributed by atoms with van der Waals surface area (Å²) in [5, 5.41) is 8.65. The maximum Gasteiger partial charge on any atom is 0.237 e. The zero-order chi connectivity index (χ0) is 14.5. The largest absolute Gasteiger partial charge is 0.436 e. The summed E-state index contributed by atoms with van der Waals surface area (Å²) in [7, 11) is 0. The zero-order valence-corrected chi connectivity index (χ0v) is 11.0. The Morgan fingerprint density at radius 1 is 0.857 bits per heavy atom. The summed E-state index contributed by atoms with van der Waals surface area (Å²) in [6, 6.07) is 15.5. The summed E-state index contributed by atoms with van der Waals surface area (Å²) in [6.07, 6.45) is 4.40. The second kappa shape index (κ2) is 5.80. The topological polar surface area (TPSA) is 71.7 Å². The zero-order valence-electron chi connectivity index (χ0n) is 11.0. The van der Waals surface area contributed by atoms with Crippen LogP contribution < -0.4 is 4.74 Å². The highest BCUT2D eigenvalue weighted by molar-refractivity contribution is 5.59. The van der Waals surface area contributed by atoms with E-state index in [2.05, 4.69) is 15.0 Å². The van der Waals surface area contributed by atoms with Crippen LogP contribution in [0.4, 0.5) is 0 Å². The number of nitrogens with zero attached hydrogens (tertiary/aromatic N) is 4. The van der Waals surface area contributed by atoms with Crippen LogP contribution in [0.2, 0.25) is 0 Å². The summed E-state index contributed by atoms with van der Waals surface area (Å²) < 4.78 is 5.52. The first kappa shape index (κ1) is 12.8. The highest BCUT2D eigenvalue weighted by Gasteiger charge is 2.02. The van der Waals surface area contributed by atoms with Crippen molar-refractivity contribution in [1.29, 1.82) is 5.26 Å². The van der Waals surface area contributed by atoms with Crippen LogP contribution >= 0.6 is 0 Å². The molecule has 0 aliphatic carbocycles. The second-order valence-electron chi connectivity index (χ2n) is 4.20. The van der Waals surface area contributed by atoms with Gasteiger partial charge in [0.2, 0.25) is 5.88 Å². The average Bonchev–Trinajstić information content (AvgIpc) is 2.57. The van der Waals surface area contributed by atoms with E-state index in [0.717, 1.165) is 11.3 Å². The van der Waals surface area contributed by atoms with Crippen molar-refractivity contribution in [3.05, 3.63) is 66.7 Å². The van der Waals surface area contributed by atoms with Gasteiger partial charge in [-0.1, -0.05) is 30.3 Å². The smallest absolute Gasteiger partial charge is 0.237 e. The fraction of sp³-hybridized carbons (Fsp3) is 0. The molecule has 0 amide bonds. The summed E-state index contributed by atoms with van der Waals surface area (Å²) in [4.78, 5) is 12.2. The highest BCUT2D eigenvalue weighted by atomic mass is 16.5. The first-order chi connectivity index (χ1) is 10.3. The monoisotopic (exact) mass is 274 g/mol. The molecule has 2 heterocycles. The molecule has 1 aromatic carbocycles. The Balaban J connectivity index is 1.76. The average molecular weight is 274 g/mol. The van der Waals surface area contributed by atoms with Crippen molar-refractivity contribution in [1.82, 2.24) is 15.0 Å². The van der Waals surface area contributed by atoms with Gasteiger partial charge in [-0.25, -0.2) is 9.97 Å². The van der Waals surface area contributed by atoms with Gasteiger partial charge in [0.05, 0.1) is 24.3 Å². The molecule has 2 aromatic heterocycles. The second-order valence-corrected chi connectivity index (χ2v) is 4.20. The number of benzene rings is 1. The molecule has 0 fully saturated rings. The number of pyridine rings is 1. The summed E-state index contributed by atoms with van der Waals surface area (Å²) >= 11 is 0. The van der Waals surface area contributed by atoms with E-state index >= 15 is 0 Å². The van der Waals surface area contributed by atoms with Gasteiger partial charge in [0.1, 0.15) is 11.8 Å². The third-order valence-electron chi connectivity index (χ3n) is 2.77. The minimum absolute atomic E-state index is 0.250. The number of nitriles is 1. The van der Waals surface area contributed by atoms with E-state index < -0.39 is 0 Å². The van der Waals surface area contributed by atoms with Crippen molar-refractivity contribution in [2.45, 2.75) is 0 Å².